The number of rotatable bonds is 3. The monoisotopic (exact) mass is 777 g/mol. The molecular weight excluding hydrogens is 720 g/mol. The Kier molecular flexibility index (Phi) is 8.53. The number of anilines is 3. The second-order valence-corrected chi connectivity index (χ2v) is 19.3. The largest absolute Gasteiger partial charge is 0.313 e. The minimum Gasteiger partial charge on any atom is -0.313 e. The van der Waals surface area contributed by atoms with Crippen LogP contribution in [0.3, 0.4) is 0 Å². The first-order valence-electron chi connectivity index (χ1n) is 22.1. The lowest BCUT2D eigenvalue weighted by molar-refractivity contribution is 0.660. The van der Waals surface area contributed by atoms with Crippen LogP contribution in [0.25, 0.3) is 22.3 Å². The molecule has 7 aromatic carbocycles. The van der Waals surface area contributed by atoms with Gasteiger partial charge in [-0.25, -0.2) is 0 Å². The fourth-order valence-electron chi connectivity index (χ4n) is 11.9. The molecule has 3 aliphatic rings. The number of benzene rings is 7. The van der Waals surface area contributed by atoms with Crippen molar-refractivity contribution < 1.29 is 0 Å². The number of hydrogen-bond acceptors (Lipinski definition) is 1. The normalized spacial score (nSPS) is 14.2. The van der Waals surface area contributed by atoms with Crippen molar-refractivity contribution in [2.24, 2.45) is 0 Å². The quantitative estimate of drug-likeness (QED) is 0.162. The predicted molar refractivity (Wildman–Crippen MR) is 263 cm³/mol. The maximum Gasteiger partial charge on any atom is 0.247 e. The molecule has 1 nitrogen and oxygen atoms in total. The first-order chi connectivity index (χ1) is 28.5. The van der Waals surface area contributed by atoms with Crippen molar-refractivity contribution in [1.82, 2.24) is 0 Å². The van der Waals surface area contributed by atoms with Crippen LogP contribution in [-0.2, 0) is 5.41 Å². The molecule has 0 fully saturated rings. The van der Waals surface area contributed by atoms with E-state index in [1.54, 1.807) is 0 Å². The molecular formula is C57H57B2N. The van der Waals surface area contributed by atoms with E-state index in [1.165, 1.54) is 150 Å². The van der Waals surface area contributed by atoms with Crippen LogP contribution >= 0.6 is 0 Å². The third kappa shape index (κ3) is 5.14. The van der Waals surface area contributed by atoms with Crippen LogP contribution in [0.5, 0.6) is 0 Å². The Bertz CT molecular complexity index is 2840. The van der Waals surface area contributed by atoms with Gasteiger partial charge in [0.2, 0.25) is 13.4 Å². The van der Waals surface area contributed by atoms with Crippen molar-refractivity contribution in [3.05, 3.63) is 169 Å². The molecule has 7 aromatic rings. The van der Waals surface area contributed by atoms with Gasteiger partial charge in [-0.3, -0.25) is 0 Å². The molecule has 0 saturated carbocycles. The Labute approximate surface area is 360 Å². The molecule has 2 heterocycles. The van der Waals surface area contributed by atoms with Gasteiger partial charge in [0.1, 0.15) is 0 Å². The molecule has 0 radical (unpaired) electrons. The molecule has 3 heteroatoms. The average molecular weight is 778 g/mol. The predicted octanol–water partition coefficient (Wildman–Crippen LogP) is 10.5. The molecule has 10 rings (SSSR count). The minimum absolute atomic E-state index is 0.0642. The van der Waals surface area contributed by atoms with Gasteiger partial charge in [0.25, 0.3) is 0 Å². The highest BCUT2D eigenvalue weighted by Crippen LogP contribution is 2.50. The summed E-state index contributed by atoms with van der Waals surface area (Å²) in [5, 5.41) is 0. The topological polar surface area (TPSA) is 3.24 Å². The molecule has 0 atom stereocenters. The Hall–Kier alpha value is -5.53. The molecule has 0 spiro atoms. The van der Waals surface area contributed by atoms with Crippen molar-refractivity contribution in [2.75, 3.05) is 4.90 Å². The standard InChI is InChI=1S/C57H57B2N/c1-30-19-23-52-48(25-30)58(54-38(9)34(5)32(3)35(6)39(54)10)50-28-43(42-21-22-45-44-17-15-16-18-46(44)57(13,14)47(45)27-42)29-51-56(50)60(52)53-24-20-31(2)26-49(53)59(51)55-40(11)36(7)33(4)37(8)41(55)12/h15-29H,1-14H3. The van der Waals surface area contributed by atoms with E-state index < -0.39 is 0 Å². The summed E-state index contributed by atoms with van der Waals surface area (Å²) in [7, 11) is 0. The molecule has 1 aliphatic carbocycles. The second kappa shape index (κ2) is 13.2. The Morgan fingerprint density at radius 1 is 0.383 bits per heavy atom. The molecule has 2 aliphatic heterocycles. The van der Waals surface area contributed by atoms with Gasteiger partial charge >= 0.3 is 0 Å². The van der Waals surface area contributed by atoms with Crippen LogP contribution in [0.2, 0.25) is 0 Å². The summed E-state index contributed by atoms with van der Waals surface area (Å²) < 4.78 is 0. The van der Waals surface area contributed by atoms with Crippen molar-refractivity contribution in [2.45, 2.75) is 102 Å². The number of fused-ring (bicyclic) bond motifs is 7. The highest BCUT2D eigenvalue weighted by atomic mass is 15.2. The zero-order chi connectivity index (χ0) is 42.4. The molecule has 60 heavy (non-hydrogen) atoms. The SMILES string of the molecule is Cc1ccc2c(c1)B(c1c(C)c(C)c(C)c(C)c1C)c1cc(-c3ccc4c(c3)C(C)(C)c3ccccc3-4)cc3c1N2c1ccc(C)cc1B3c1c(C)c(C)c(C)c(C)c1C. The van der Waals surface area contributed by atoms with E-state index in [0.717, 1.165) is 0 Å². The highest BCUT2D eigenvalue weighted by molar-refractivity contribution is 7.02. The van der Waals surface area contributed by atoms with Crippen molar-refractivity contribution in [3.8, 4) is 22.3 Å². The lowest BCUT2D eigenvalue weighted by Crippen LogP contribution is -2.66. The Morgan fingerprint density at radius 2 is 0.817 bits per heavy atom. The van der Waals surface area contributed by atoms with Crippen molar-refractivity contribution >= 4 is 63.3 Å². The summed E-state index contributed by atoms with van der Waals surface area (Å²) in [5.74, 6) is 0. The summed E-state index contributed by atoms with van der Waals surface area (Å²) in [6.45, 7) is 33.0. The van der Waals surface area contributed by atoms with Gasteiger partial charge in [-0.1, -0.05) is 131 Å². The van der Waals surface area contributed by atoms with E-state index in [0.29, 0.717) is 0 Å². The van der Waals surface area contributed by atoms with Crippen LogP contribution in [0, 0.1) is 83.1 Å². The van der Waals surface area contributed by atoms with E-state index in [9.17, 15) is 0 Å². The molecule has 0 unspecified atom stereocenters. The van der Waals surface area contributed by atoms with Crippen molar-refractivity contribution in [1.29, 1.82) is 0 Å². The third-order valence-electron chi connectivity index (χ3n) is 16.1. The summed E-state index contributed by atoms with van der Waals surface area (Å²) in [5.41, 5.74) is 37.3. The number of aryl methyl sites for hydroxylation is 2. The average Bonchev–Trinajstić information content (AvgIpc) is 3.47. The van der Waals surface area contributed by atoms with Gasteiger partial charge < -0.3 is 4.90 Å². The van der Waals surface area contributed by atoms with E-state index >= 15 is 0 Å². The lowest BCUT2D eigenvalue weighted by atomic mass is 9.29. The molecule has 0 N–H and O–H groups in total. The van der Waals surface area contributed by atoms with Gasteiger partial charge in [0.15, 0.2) is 0 Å². The molecule has 296 valence electrons. The molecule has 0 bridgehead atoms. The van der Waals surface area contributed by atoms with Crippen LogP contribution in [0.15, 0.2) is 91.0 Å². The first-order valence-corrected chi connectivity index (χ1v) is 22.1. The van der Waals surface area contributed by atoms with E-state index in [1.807, 2.05) is 0 Å². The molecule has 0 amide bonds. The lowest BCUT2D eigenvalue weighted by Gasteiger charge is -2.45. The molecule has 0 aromatic heterocycles. The summed E-state index contributed by atoms with van der Waals surface area (Å²) in [4.78, 5) is 2.66. The summed E-state index contributed by atoms with van der Waals surface area (Å²) >= 11 is 0. The Balaban J connectivity index is 1.37. The number of nitrogens with zero attached hydrogens (tertiary/aromatic N) is 1. The van der Waals surface area contributed by atoms with Crippen LogP contribution in [0.1, 0.15) is 91.7 Å². The van der Waals surface area contributed by atoms with E-state index in [4.69, 9.17) is 0 Å². The van der Waals surface area contributed by atoms with Gasteiger partial charge in [0.05, 0.1) is 0 Å². The van der Waals surface area contributed by atoms with Crippen LogP contribution in [-0.4, -0.2) is 13.4 Å². The number of hydrogen-bond donors (Lipinski definition) is 0. The van der Waals surface area contributed by atoms with Gasteiger partial charge in [-0.2, -0.15) is 0 Å². The van der Waals surface area contributed by atoms with E-state index in [2.05, 4.69) is 193 Å². The van der Waals surface area contributed by atoms with Crippen molar-refractivity contribution in [3.63, 3.8) is 0 Å². The van der Waals surface area contributed by atoms with Crippen LogP contribution in [0.4, 0.5) is 17.1 Å². The van der Waals surface area contributed by atoms with Gasteiger partial charge in [0, 0.05) is 22.5 Å². The fraction of sp³-hybridized carbons (Fsp3) is 0.263. The third-order valence-corrected chi connectivity index (χ3v) is 16.1. The van der Waals surface area contributed by atoms with Crippen LogP contribution < -0.4 is 37.7 Å². The Morgan fingerprint density at radius 3 is 1.30 bits per heavy atom. The van der Waals surface area contributed by atoms with E-state index in [-0.39, 0.29) is 18.8 Å². The minimum atomic E-state index is -0.0877. The van der Waals surface area contributed by atoms with Gasteiger partial charge in [-0.15, -0.1) is 0 Å². The smallest absolute Gasteiger partial charge is 0.247 e. The maximum atomic E-state index is 2.66. The zero-order valence-corrected chi connectivity index (χ0v) is 38.3. The zero-order valence-electron chi connectivity index (χ0n) is 38.3. The first kappa shape index (κ1) is 38.7. The summed E-state index contributed by atoms with van der Waals surface area (Å²) in [6.07, 6.45) is 0. The highest BCUT2D eigenvalue weighted by Gasteiger charge is 2.46. The second-order valence-electron chi connectivity index (χ2n) is 19.3. The fourth-order valence-corrected chi connectivity index (χ4v) is 11.9. The summed E-state index contributed by atoms with van der Waals surface area (Å²) in [6, 6.07) is 36.0. The van der Waals surface area contributed by atoms with Gasteiger partial charge in [-0.05, 0) is 190 Å². The maximum absolute atomic E-state index is 2.66. The molecule has 0 saturated heterocycles.